The summed E-state index contributed by atoms with van der Waals surface area (Å²) in [6.07, 6.45) is 5.39. The zero-order valence-corrected chi connectivity index (χ0v) is 17.6. The molecule has 0 bridgehead atoms. The van der Waals surface area contributed by atoms with Crippen molar-refractivity contribution in [1.82, 2.24) is 15.3 Å². The smallest absolute Gasteiger partial charge is 0.360 e. The molecule has 2 heterocycles. The van der Waals surface area contributed by atoms with Crippen LogP contribution in [0.25, 0.3) is 11.6 Å². The van der Waals surface area contributed by atoms with Crippen LogP contribution in [0, 0.1) is 18.8 Å². The number of amides is 1. The minimum Gasteiger partial charge on any atom is -0.464 e. The molecule has 3 rings (SSSR count). The zero-order chi connectivity index (χ0) is 20.3. The lowest BCUT2D eigenvalue weighted by molar-refractivity contribution is -0.127. The Labute approximate surface area is 168 Å². The van der Waals surface area contributed by atoms with E-state index in [1.165, 1.54) is 24.9 Å². The topological polar surface area (TPSA) is 94.3 Å². The lowest BCUT2D eigenvalue weighted by Gasteiger charge is -2.26. The van der Waals surface area contributed by atoms with Crippen LogP contribution in [0.15, 0.2) is 9.80 Å². The van der Waals surface area contributed by atoms with Gasteiger partial charge in [0.05, 0.1) is 13.2 Å². The molecule has 152 valence electrons. The van der Waals surface area contributed by atoms with E-state index < -0.39 is 5.97 Å². The molecule has 1 amide bonds. The third-order valence-corrected chi connectivity index (χ3v) is 6.05. The van der Waals surface area contributed by atoms with Crippen molar-refractivity contribution >= 4 is 23.2 Å². The van der Waals surface area contributed by atoms with Crippen LogP contribution >= 0.6 is 11.3 Å². The van der Waals surface area contributed by atoms with Crippen molar-refractivity contribution in [1.29, 1.82) is 0 Å². The number of nitrogens with zero attached hydrogens (tertiary/aromatic N) is 2. The van der Waals surface area contributed by atoms with Crippen molar-refractivity contribution in [3.05, 3.63) is 21.8 Å². The minimum atomic E-state index is -0.539. The second-order valence-corrected chi connectivity index (χ2v) is 8.44. The van der Waals surface area contributed by atoms with Gasteiger partial charge in [0.15, 0.2) is 5.69 Å². The second kappa shape index (κ2) is 8.86. The molecule has 0 unspecified atom stereocenters. The van der Waals surface area contributed by atoms with Crippen LogP contribution in [0.3, 0.4) is 0 Å². The van der Waals surface area contributed by atoms with Crippen LogP contribution in [0.5, 0.6) is 0 Å². The highest BCUT2D eigenvalue weighted by Gasteiger charge is 2.28. The van der Waals surface area contributed by atoms with Crippen LogP contribution in [-0.4, -0.2) is 29.0 Å². The normalized spacial score (nSPS) is 16.2. The van der Waals surface area contributed by atoms with Crippen molar-refractivity contribution in [3.63, 3.8) is 0 Å². The van der Waals surface area contributed by atoms with Crippen LogP contribution in [0.4, 0.5) is 0 Å². The van der Waals surface area contributed by atoms with Gasteiger partial charge in [-0.3, -0.25) is 4.79 Å². The largest absolute Gasteiger partial charge is 0.464 e. The van der Waals surface area contributed by atoms with E-state index in [1.807, 2.05) is 5.38 Å². The first-order valence-electron chi connectivity index (χ1n) is 9.72. The fraction of sp³-hybridized carbons (Fsp3) is 0.600. The summed E-state index contributed by atoms with van der Waals surface area (Å²) < 4.78 is 10.3. The number of methoxy groups -OCH3 is 1. The van der Waals surface area contributed by atoms with Crippen molar-refractivity contribution < 1.29 is 18.7 Å². The molecule has 8 heteroatoms. The van der Waals surface area contributed by atoms with Gasteiger partial charge in [-0.05, 0) is 25.7 Å². The Morgan fingerprint density at radius 1 is 1.25 bits per heavy atom. The van der Waals surface area contributed by atoms with Crippen LogP contribution in [0.1, 0.15) is 73.2 Å². The molecule has 0 spiro atoms. The molecule has 1 aliphatic carbocycles. The van der Waals surface area contributed by atoms with Gasteiger partial charge < -0.3 is 14.5 Å². The third-order valence-electron chi connectivity index (χ3n) is 5.12. The summed E-state index contributed by atoms with van der Waals surface area (Å²) in [5.41, 5.74) is 0.703. The average Bonchev–Trinajstić information content (AvgIpc) is 3.32. The van der Waals surface area contributed by atoms with Crippen LogP contribution < -0.4 is 5.32 Å². The van der Waals surface area contributed by atoms with Crippen LogP contribution in [-0.2, 0) is 9.53 Å². The number of nitrogens with one attached hydrogen (secondary N) is 1. The number of hydrogen-bond acceptors (Lipinski definition) is 7. The number of oxazole rings is 1. The Morgan fingerprint density at radius 3 is 2.61 bits per heavy atom. The van der Waals surface area contributed by atoms with Crippen molar-refractivity contribution in [2.24, 2.45) is 11.8 Å². The fourth-order valence-electron chi connectivity index (χ4n) is 3.47. The molecule has 1 N–H and O–H groups in total. The van der Waals surface area contributed by atoms with Gasteiger partial charge in [-0.2, -0.15) is 0 Å². The van der Waals surface area contributed by atoms with E-state index in [0.29, 0.717) is 11.5 Å². The molecule has 0 saturated heterocycles. The number of aryl methyl sites for hydroxylation is 1. The summed E-state index contributed by atoms with van der Waals surface area (Å²) in [4.78, 5) is 33.3. The highest BCUT2D eigenvalue weighted by Crippen LogP contribution is 2.31. The molecule has 1 saturated carbocycles. The SMILES string of the molecule is COC(=O)c1nc(-c2csc([C@@H](NC(=O)C3CCCCC3)C(C)C)n2)oc1C. The summed E-state index contributed by atoms with van der Waals surface area (Å²) in [7, 11) is 1.30. The van der Waals surface area contributed by atoms with Gasteiger partial charge >= 0.3 is 5.97 Å². The van der Waals surface area contributed by atoms with E-state index in [1.54, 1.807) is 6.92 Å². The number of rotatable bonds is 6. The van der Waals surface area contributed by atoms with Crippen molar-refractivity contribution in [2.45, 2.75) is 58.9 Å². The first-order chi connectivity index (χ1) is 13.4. The van der Waals surface area contributed by atoms with Crippen LogP contribution in [0.2, 0.25) is 0 Å². The summed E-state index contributed by atoms with van der Waals surface area (Å²) in [6.45, 7) is 5.80. The van der Waals surface area contributed by atoms with Crippen molar-refractivity contribution in [2.75, 3.05) is 7.11 Å². The highest BCUT2D eigenvalue weighted by atomic mass is 32.1. The van der Waals surface area contributed by atoms with Gasteiger partial charge in [-0.15, -0.1) is 11.3 Å². The summed E-state index contributed by atoms with van der Waals surface area (Å²) >= 11 is 1.46. The lowest BCUT2D eigenvalue weighted by Crippen LogP contribution is -2.37. The molecule has 1 aliphatic rings. The number of carbonyl (C=O) groups excluding carboxylic acids is 2. The average molecular weight is 406 g/mol. The number of hydrogen-bond donors (Lipinski definition) is 1. The Morgan fingerprint density at radius 2 is 1.96 bits per heavy atom. The Hall–Kier alpha value is -2.22. The second-order valence-electron chi connectivity index (χ2n) is 7.55. The highest BCUT2D eigenvalue weighted by molar-refractivity contribution is 7.10. The standard InChI is InChI=1S/C20H27N3O4S/c1-11(2)15(22-17(24)13-8-6-5-7-9-13)19-21-14(10-28-19)18-23-16(12(3)27-18)20(25)26-4/h10-11,13,15H,5-9H2,1-4H3,(H,22,24)/t15-/m0/s1. The monoisotopic (exact) mass is 405 g/mol. The van der Waals surface area contributed by atoms with E-state index in [4.69, 9.17) is 9.15 Å². The van der Waals surface area contributed by atoms with Gasteiger partial charge in [0.25, 0.3) is 0 Å². The van der Waals surface area contributed by atoms with E-state index >= 15 is 0 Å². The number of thiazole rings is 1. The summed E-state index contributed by atoms with van der Waals surface area (Å²) in [5.74, 6) is 0.552. The van der Waals surface area contributed by atoms with E-state index in [0.717, 1.165) is 30.7 Å². The maximum atomic E-state index is 12.7. The molecule has 2 aromatic rings. The fourth-order valence-corrected chi connectivity index (χ4v) is 4.48. The predicted octanol–water partition coefficient (Wildman–Crippen LogP) is 4.29. The van der Waals surface area contributed by atoms with Gasteiger partial charge in [0.1, 0.15) is 16.5 Å². The quantitative estimate of drug-likeness (QED) is 0.721. The zero-order valence-electron chi connectivity index (χ0n) is 16.8. The Balaban J connectivity index is 1.78. The molecule has 0 radical (unpaired) electrons. The third kappa shape index (κ3) is 4.43. The molecule has 0 aromatic carbocycles. The molecule has 28 heavy (non-hydrogen) atoms. The Kier molecular flexibility index (Phi) is 6.49. The molecule has 1 atom stereocenters. The van der Waals surface area contributed by atoms with E-state index in [-0.39, 0.29) is 35.4 Å². The van der Waals surface area contributed by atoms with E-state index in [2.05, 4.69) is 29.1 Å². The molecular formula is C20H27N3O4S. The number of aromatic nitrogens is 2. The van der Waals surface area contributed by atoms with Gasteiger partial charge in [0.2, 0.25) is 11.8 Å². The van der Waals surface area contributed by atoms with Gasteiger partial charge in [-0.1, -0.05) is 33.1 Å². The number of esters is 1. The number of carbonyl (C=O) groups is 2. The first-order valence-corrected chi connectivity index (χ1v) is 10.6. The molecule has 7 nitrogen and oxygen atoms in total. The number of ether oxygens (including phenoxy) is 1. The van der Waals surface area contributed by atoms with Gasteiger partial charge in [0, 0.05) is 11.3 Å². The maximum absolute atomic E-state index is 12.7. The molecule has 0 aliphatic heterocycles. The van der Waals surface area contributed by atoms with Gasteiger partial charge in [-0.25, -0.2) is 14.8 Å². The molecule has 2 aromatic heterocycles. The predicted molar refractivity (Wildman–Crippen MR) is 106 cm³/mol. The lowest BCUT2D eigenvalue weighted by atomic mass is 9.88. The van der Waals surface area contributed by atoms with Crippen molar-refractivity contribution in [3.8, 4) is 11.6 Å². The maximum Gasteiger partial charge on any atom is 0.360 e. The minimum absolute atomic E-state index is 0.103. The van der Waals surface area contributed by atoms with E-state index in [9.17, 15) is 9.59 Å². The Bertz CT molecular complexity index is 836. The summed E-state index contributed by atoms with van der Waals surface area (Å²) in [5, 5.41) is 5.84. The first kappa shape index (κ1) is 20.5. The summed E-state index contributed by atoms with van der Waals surface area (Å²) in [6, 6.07) is -0.163. The molecular weight excluding hydrogens is 378 g/mol. The molecule has 1 fully saturated rings.